The number of aliphatic hydroxyl groups is 1. The van der Waals surface area contributed by atoms with Crippen molar-refractivity contribution in [3.63, 3.8) is 0 Å². The molecule has 0 unspecified atom stereocenters. The van der Waals surface area contributed by atoms with Crippen molar-refractivity contribution in [2.45, 2.75) is 117 Å². The van der Waals surface area contributed by atoms with Gasteiger partial charge in [0.1, 0.15) is 5.60 Å². The zero-order valence-electron chi connectivity index (χ0n) is 34.2. The van der Waals surface area contributed by atoms with Gasteiger partial charge in [0.2, 0.25) is 0 Å². The molecular formula is C52H58OS2. The SMILES string of the molecule is CCCCCCCCc1c(C)c2cc(-c3sccc3C(O)(c3ccc(C(C)(C)C)cc3)c3ccc(C(C)(C)C)cc3)ccc2c2ccc(-c3cccs3)cc12. The molecule has 0 saturated carbocycles. The van der Waals surface area contributed by atoms with Gasteiger partial charge >= 0.3 is 0 Å². The first-order valence-corrected chi connectivity index (χ1v) is 22.1. The topological polar surface area (TPSA) is 20.2 Å². The first kappa shape index (κ1) is 39.2. The monoisotopic (exact) mass is 762 g/mol. The van der Waals surface area contributed by atoms with Crippen LogP contribution in [0.5, 0.6) is 0 Å². The Labute approximate surface area is 338 Å². The lowest BCUT2D eigenvalue weighted by atomic mass is 9.77. The van der Waals surface area contributed by atoms with E-state index in [9.17, 15) is 5.11 Å². The molecule has 284 valence electrons. The molecule has 0 fully saturated rings. The van der Waals surface area contributed by atoms with Crippen LogP contribution < -0.4 is 0 Å². The summed E-state index contributed by atoms with van der Waals surface area (Å²) >= 11 is 3.53. The largest absolute Gasteiger partial charge is 0.376 e. The van der Waals surface area contributed by atoms with Gasteiger partial charge in [0.05, 0.1) is 0 Å². The number of unbranched alkanes of at least 4 members (excludes halogenated alkanes) is 5. The summed E-state index contributed by atoms with van der Waals surface area (Å²) in [6, 6.07) is 37.9. The first-order valence-electron chi connectivity index (χ1n) is 20.4. The number of benzene rings is 5. The molecule has 3 heteroatoms. The first-order chi connectivity index (χ1) is 26.3. The van der Waals surface area contributed by atoms with Crippen molar-refractivity contribution in [3.05, 3.63) is 153 Å². The maximum absolute atomic E-state index is 13.3. The minimum Gasteiger partial charge on any atom is -0.376 e. The van der Waals surface area contributed by atoms with Crippen molar-refractivity contribution in [2.24, 2.45) is 0 Å². The molecule has 0 amide bonds. The molecule has 0 aliphatic heterocycles. The number of hydrogen-bond donors (Lipinski definition) is 1. The quantitative estimate of drug-likeness (QED) is 0.0971. The average molecular weight is 763 g/mol. The van der Waals surface area contributed by atoms with Crippen LogP contribution in [0.15, 0.2) is 114 Å². The lowest BCUT2D eigenvalue weighted by molar-refractivity contribution is 0.126. The molecule has 1 nitrogen and oxygen atoms in total. The molecule has 0 aliphatic rings. The Morgan fingerprint density at radius 2 is 1.07 bits per heavy atom. The van der Waals surface area contributed by atoms with E-state index in [4.69, 9.17) is 0 Å². The zero-order chi connectivity index (χ0) is 39.0. The molecule has 7 aromatic rings. The summed E-state index contributed by atoms with van der Waals surface area (Å²) in [6.07, 6.45) is 8.81. The number of aryl methyl sites for hydroxylation is 2. The average Bonchev–Trinajstić information content (AvgIpc) is 3.90. The summed E-state index contributed by atoms with van der Waals surface area (Å²) in [4.78, 5) is 2.42. The van der Waals surface area contributed by atoms with Gasteiger partial charge in [-0.3, -0.25) is 0 Å². The lowest BCUT2D eigenvalue weighted by Crippen LogP contribution is -2.29. The second kappa shape index (κ2) is 15.8. The smallest absolute Gasteiger partial charge is 0.141 e. The summed E-state index contributed by atoms with van der Waals surface area (Å²) in [5.41, 5.74) is 9.21. The van der Waals surface area contributed by atoms with E-state index in [-0.39, 0.29) is 10.8 Å². The van der Waals surface area contributed by atoms with Crippen LogP contribution >= 0.6 is 22.7 Å². The predicted molar refractivity (Wildman–Crippen MR) is 242 cm³/mol. The Bertz CT molecular complexity index is 2320. The highest BCUT2D eigenvalue weighted by atomic mass is 32.1. The van der Waals surface area contributed by atoms with Gasteiger partial charge in [-0.05, 0) is 132 Å². The fourth-order valence-electron chi connectivity index (χ4n) is 8.34. The molecule has 2 aromatic heterocycles. The molecule has 0 spiro atoms. The Morgan fingerprint density at radius 1 is 0.527 bits per heavy atom. The molecule has 0 radical (unpaired) electrons. The number of rotatable bonds is 12. The van der Waals surface area contributed by atoms with Gasteiger partial charge in [-0.1, -0.05) is 159 Å². The van der Waals surface area contributed by atoms with Crippen LogP contribution in [0.25, 0.3) is 42.4 Å². The van der Waals surface area contributed by atoms with Gasteiger partial charge in [0, 0.05) is 15.3 Å². The Morgan fingerprint density at radius 3 is 1.65 bits per heavy atom. The van der Waals surface area contributed by atoms with E-state index in [2.05, 4.69) is 169 Å². The van der Waals surface area contributed by atoms with Crippen molar-refractivity contribution in [2.75, 3.05) is 0 Å². The summed E-state index contributed by atoms with van der Waals surface area (Å²) in [7, 11) is 0. The second-order valence-electron chi connectivity index (χ2n) is 17.6. The number of fused-ring (bicyclic) bond motifs is 3. The van der Waals surface area contributed by atoms with Crippen molar-refractivity contribution in [1.82, 2.24) is 0 Å². The molecule has 0 saturated heterocycles. The Hall–Kier alpha value is -4.02. The van der Waals surface area contributed by atoms with Crippen LogP contribution in [0.3, 0.4) is 0 Å². The minimum atomic E-state index is -1.34. The molecule has 0 atom stereocenters. The Kier molecular flexibility index (Phi) is 11.3. The maximum Gasteiger partial charge on any atom is 0.141 e. The van der Waals surface area contributed by atoms with Crippen LogP contribution in [-0.4, -0.2) is 5.11 Å². The molecule has 5 aromatic carbocycles. The Balaban J connectivity index is 1.37. The number of hydrogen-bond acceptors (Lipinski definition) is 3. The summed E-state index contributed by atoms with van der Waals surface area (Å²) in [6.45, 7) is 18.1. The van der Waals surface area contributed by atoms with E-state index >= 15 is 0 Å². The molecule has 7 rings (SSSR count). The highest BCUT2D eigenvalue weighted by Crippen LogP contribution is 2.46. The fourth-order valence-corrected chi connectivity index (χ4v) is 10.0. The summed E-state index contributed by atoms with van der Waals surface area (Å²) < 4.78 is 0. The third-order valence-electron chi connectivity index (χ3n) is 11.8. The van der Waals surface area contributed by atoms with E-state index in [1.807, 2.05) is 11.3 Å². The van der Waals surface area contributed by atoms with Crippen LogP contribution in [0.2, 0.25) is 0 Å². The maximum atomic E-state index is 13.3. The highest BCUT2D eigenvalue weighted by molar-refractivity contribution is 7.14. The minimum absolute atomic E-state index is 0.0189. The van der Waals surface area contributed by atoms with E-state index in [1.54, 1.807) is 11.3 Å². The van der Waals surface area contributed by atoms with Crippen molar-refractivity contribution in [1.29, 1.82) is 0 Å². The van der Waals surface area contributed by atoms with E-state index in [1.165, 1.54) is 92.8 Å². The second-order valence-corrected chi connectivity index (χ2v) is 19.5. The van der Waals surface area contributed by atoms with Crippen LogP contribution in [0.1, 0.15) is 126 Å². The third-order valence-corrected chi connectivity index (χ3v) is 13.6. The van der Waals surface area contributed by atoms with E-state index < -0.39 is 5.60 Å². The predicted octanol–water partition coefficient (Wildman–Crippen LogP) is 15.5. The normalized spacial score (nSPS) is 12.6. The molecule has 0 bridgehead atoms. The van der Waals surface area contributed by atoms with E-state index in [0.29, 0.717) is 0 Å². The van der Waals surface area contributed by atoms with Crippen LogP contribution in [-0.2, 0) is 22.9 Å². The van der Waals surface area contributed by atoms with Gasteiger partial charge in [-0.2, -0.15) is 0 Å². The van der Waals surface area contributed by atoms with Gasteiger partial charge in [-0.25, -0.2) is 0 Å². The molecule has 55 heavy (non-hydrogen) atoms. The van der Waals surface area contributed by atoms with Crippen molar-refractivity contribution in [3.8, 4) is 20.9 Å². The molecular weight excluding hydrogens is 705 g/mol. The third kappa shape index (κ3) is 7.86. The fraction of sp³-hybridized carbons (Fsp3) is 0.346. The summed E-state index contributed by atoms with van der Waals surface area (Å²) in [5, 5.41) is 22.9. The van der Waals surface area contributed by atoms with Gasteiger partial charge in [-0.15, -0.1) is 22.7 Å². The van der Waals surface area contributed by atoms with Crippen molar-refractivity contribution < 1.29 is 5.11 Å². The van der Waals surface area contributed by atoms with Gasteiger partial charge in [0.25, 0.3) is 0 Å². The van der Waals surface area contributed by atoms with Crippen LogP contribution in [0, 0.1) is 6.92 Å². The van der Waals surface area contributed by atoms with Gasteiger partial charge in [0.15, 0.2) is 0 Å². The highest BCUT2D eigenvalue weighted by Gasteiger charge is 2.37. The standard InChI is InChI=1S/C52H58OS2/c1-9-10-11-12-13-14-16-42-35(2)45-34-37(19-29-43(45)44-28-18-36(33-46(42)44)48-17-15-31-54-48)49-47(30-32-55-49)52(53,40-24-20-38(21-25-40)50(3,4)5)41-26-22-39(23-27-41)51(6,7)8/h15,17-34,53H,9-14,16H2,1-8H3. The molecule has 0 aliphatic carbocycles. The van der Waals surface area contributed by atoms with Crippen molar-refractivity contribution >= 4 is 44.2 Å². The molecule has 1 N–H and O–H groups in total. The van der Waals surface area contributed by atoms with Gasteiger partial charge < -0.3 is 5.11 Å². The van der Waals surface area contributed by atoms with Crippen LogP contribution in [0.4, 0.5) is 0 Å². The van der Waals surface area contributed by atoms with E-state index in [0.717, 1.165) is 33.6 Å². The number of thiophene rings is 2. The summed E-state index contributed by atoms with van der Waals surface area (Å²) in [5.74, 6) is 0. The zero-order valence-corrected chi connectivity index (χ0v) is 35.8. The molecule has 2 heterocycles. The lowest BCUT2D eigenvalue weighted by Gasteiger charge is -2.32.